The third-order valence-electron chi connectivity index (χ3n) is 3.54. The maximum absolute atomic E-state index is 12.0. The first kappa shape index (κ1) is 14.0. The highest BCUT2D eigenvalue weighted by atomic mass is 16.5. The molecule has 6 nitrogen and oxygen atoms in total. The van der Waals surface area contributed by atoms with Crippen LogP contribution in [0.2, 0.25) is 0 Å². The molecule has 1 saturated heterocycles. The summed E-state index contributed by atoms with van der Waals surface area (Å²) in [7, 11) is 0. The van der Waals surface area contributed by atoms with E-state index in [2.05, 4.69) is 15.3 Å². The van der Waals surface area contributed by atoms with Crippen LogP contribution in [-0.2, 0) is 9.47 Å². The summed E-state index contributed by atoms with van der Waals surface area (Å²) in [6, 6.07) is 5.39. The third-order valence-corrected chi connectivity index (χ3v) is 3.54. The van der Waals surface area contributed by atoms with Gasteiger partial charge < -0.3 is 19.8 Å². The smallest absolute Gasteiger partial charge is 0.251 e. The van der Waals surface area contributed by atoms with Crippen molar-refractivity contribution in [2.45, 2.75) is 18.9 Å². The molecule has 1 aromatic carbocycles. The molecule has 21 heavy (non-hydrogen) atoms. The molecule has 2 aromatic rings. The molecule has 1 atom stereocenters. The summed E-state index contributed by atoms with van der Waals surface area (Å²) in [6.07, 6.45) is 4.02. The lowest BCUT2D eigenvalue weighted by atomic mass is 10.2. The first-order valence-electron chi connectivity index (χ1n) is 7.23. The number of carbonyl (C=O) groups excluding carboxylic acids is 1. The minimum Gasteiger partial charge on any atom is -0.377 e. The van der Waals surface area contributed by atoms with Gasteiger partial charge in [0.25, 0.3) is 5.91 Å². The van der Waals surface area contributed by atoms with Crippen LogP contribution in [0.3, 0.4) is 0 Å². The Bertz CT molecular complexity index is 605. The van der Waals surface area contributed by atoms with Crippen LogP contribution in [-0.4, -0.2) is 48.3 Å². The Morgan fingerprint density at radius 3 is 3.33 bits per heavy atom. The third kappa shape index (κ3) is 3.59. The van der Waals surface area contributed by atoms with Crippen molar-refractivity contribution in [3.05, 3.63) is 30.1 Å². The molecule has 0 spiro atoms. The van der Waals surface area contributed by atoms with Gasteiger partial charge >= 0.3 is 0 Å². The highest BCUT2D eigenvalue weighted by molar-refractivity contribution is 5.97. The van der Waals surface area contributed by atoms with Gasteiger partial charge in [0.15, 0.2) is 0 Å². The molecule has 1 unspecified atom stereocenters. The van der Waals surface area contributed by atoms with Crippen LogP contribution in [0.15, 0.2) is 24.5 Å². The minimum absolute atomic E-state index is 0.104. The lowest BCUT2D eigenvalue weighted by Crippen LogP contribution is -2.28. The number of benzene rings is 1. The summed E-state index contributed by atoms with van der Waals surface area (Å²) in [5, 5.41) is 2.84. The molecule has 2 heterocycles. The van der Waals surface area contributed by atoms with Gasteiger partial charge in [0.05, 0.1) is 36.7 Å². The molecule has 0 aliphatic carbocycles. The fourth-order valence-corrected chi connectivity index (χ4v) is 2.41. The van der Waals surface area contributed by atoms with Crippen LogP contribution in [0.1, 0.15) is 23.2 Å². The number of hydrogen-bond acceptors (Lipinski definition) is 4. The first-order chi connectivity index (χ1) is 10.3. The first-order valence-corrected chi connectivity index (χ1v) is 7.23. The lowest BCUT2D eigenvalue weighted by Gasteiger charge is -2.10. The number of nitrogens with zero attached hydrogens (tertiary/aromatic N) is 1. The van der Waals surface area contributed by atoms with Crippen molar-refractivity contribution in [2.24, 2.45) is 0 Å². The van der Waals surface area contributed by atoms with Crippen LogP contribution < -0.4 is 5.32 Å². The van der Waals surface area contributed by atoms with E-state index in [0.717, 1.165) is 30.5 Å². The number of hydrogen-bond donors (Lipinski definition) is 2. The van der Waals surface area contributed by atoms with Crippen molar-refractivity contribution in [1.82, 2.24) is 15.3 Å². The fraction of sp³-hybridized carbons (Fsp3) is 0.467. The second-order valence-corrected chi connectivity index (χ2v) is 5.10. The molecule has 0 bridgehead atoms. The Kier molecular flexibility index (Phi) is 4.47. The van der Waals surface area contributed by atoms with Gasteiger partial charge in [0.2, 0.25) is 0 Å². The zero-order valence-corrected chi connectivity index (χ0v) is 11.8. The monoisotopic (exact) mass is 289 g/mol. The predicted octanol–water partition coefficient (Wildman–Crippen LogP) is 1.49. The summed E-state index contributed by atoms with van der Waals surface area (Å²) in [4.78, 5) is 19.1. The highest BCUT2D eigenvalue weighted by Crippen LogP contribution is 2.12. The van der Waals surface area contributed by atoms with E-state index in [1.54, 1.807) is 18.5 Å². The zero-order chi connectivity index (χ0) is 14.5. The number of fused-ring (bicyclic) bond motifs is 1. The number of imidazole rings is 1. The standard InChI is InChI=1S/C15H19N3O3/c19-15(11-3-4-13-14(8-11)18-10-17-13)16-5-7-20-9-12-2-1-6-21-12/h3-4,8,10,12H,1-2,5-7,9H2,(H,16,19)(H,17,18). The summed E-state index contributed by atoms with van der Waals surface area (Å²) >= 11 is 0. The largest absolute Gasteiger partial charge is 0.377 e. The Morgan fingerprint density at radius 2 is 2.48 bits per heavy atom. The van der Waals surface area contributed by atoms with Gasteiger partial charge in [-0.25, -0.2) is 4.98 Å². The van der Waals surface area contributed by atoms with E-state index in [1.807, 2.05) is 6.07 Å². The van der Waals surface area contributed by atoms with Gasteiger partial charge in [-0.15, -0.1) is 0 Å². The van der Waals surface area contributed by atoms with Crippen molar-refractivity contribution in [3.8, 4) is 0 Å². The molecule has 1 aliphatic rings. The van der Waals surface area contributed by atoms with Crippen LogP contribution in [0.4, 0.5) is 0 Å². The molecular weight excluding hydrogens is 270 g/mol. The van der Waals surface area contributed by atoms with E-state index < -0.39 is 0 Å². The molecule has 1 aliphatic heterocycles. The molecular formula is C15H19N3O3. The lowest BCUT2D eigenvalue weighted by molar-refractivity contribution is 0.0183. The number of rotatable bonds is 6. The molecule has 2 N–H and O–H groups in total. The molecule has 1 fully saturated rings. The number of nitrogens with one attached hydrogen (secondary N) is 2. The van der Waals surface area contributed by atoms with Crippen LogP contribution >= 0.6 is 0 Å². The molecule has 6 heteroatoms. The van der Waals surface area contributed by atoms with Crippen LogP contribution in [0.5, 0.6) is 0 Å². The Morgan fingerprint density at radius 1 is 1.52 bits per heavy atom. The number of ether oxygens (including phenoxy) is 2. The van der Waals surface area contributed by atoms with E-state index in [1.165, 1.54) is 0 Å². The Balaban J connectivity index is 1.41. The van der Waals surface area contributed by atoms with Gasteiger partial charge in [-0.05, 0) is 31.0 Å². The number of amides is 1. The van der Waals surface area contributed by atoms with Gasteiger partial charge in [-0.1, -0.05) is 0 Å². The van der Waals surface area contributed by atoms with E-state index >= 15 is 0 Å². The van der Waals surface area contributed by atoms with Crippen LogP contribution in [0, 0.1) is 0 Å². The van der Waals surface area contributed by atoms with E-state index in [9.17, 15) is 4.79 Å². The molecule has 1 aromatic heterocycles. The van der Waals surface area contributed by atoms with Gasteiger partial charge in [-0.3, -0.25) is 4.79 Å². The second-order valence-electron chi connectivity index (χ2n) is 5.10. The average molecular weight is 289 g/mol. The normalized spacial score (nSPS) is 18.2. The van der Waals surface area contributed by atoms with Gasteiger partial charge in [-0.2, -0.15) is 0 Å². The van der Waals surface area contributed by atoms with Gasteiger partial charge in [0, 0.05) is 18.7 Å². The van der Waals surface area contributed by atoms with E-state index in [0.29, 0.717) is 25.3 Å². The minimum atomic E-state index is -0.104. The second kappa shape index (κ2) is 6.69. The van der Waals surface area contributed by atoms with Crippen molar-refractivity contribution in [2.75, 3.05) is 26.4 Å². The molecule has 1 amide bonds. The highest BCUT2D eigenvalue weighted by Gasteiger charge is 2.15. The zero-order valence-electron chi connectivity index (χ0n) is 11.8. The quantitative estimate of drug-likeness (QED) is 0.790. The summed E-state index contributed by atoms with van der Waals surface area (Å²) in [5.74, 6) is -0.104. The van der Waals surface area contributed by atoms with Crippen molar-refractivity contribution in [1.29, 1.82) is 0 Å². The fourth-order valence-electron chi connectivity index (χ4n) is 2.41. The van der Waals surface area contributed by atoms with Crippen molar-refractivity contribution < 1.29 is 14.3 Å². The number of aromatic amines is 1. The van der Waals surface area contributed by atoms with Gasteiger partial charge in [0.1, 0.15) is 0 Å². The number of carbonyl (C=O) groups is 1. The number of H-pyrrole nitrogens is 1. The maximum Gasteiger partial charge on any atom is 0.251 e. The Hall–Kier alpha value is -1.92. The van der Waals surface area contributed by atoms with E-state index in [-0.39, 0.29) is 12.0 Å². The maximum atomic E-state index is 12.0. The summed E-state index contributed by atoms with van der Waals surface area (Å²) < 4.78 is 11.0. The summed E-state index contributed by atoms with van der Waals surface area (Å²) in [6.45, 7) is 2.43. The topological polar surface area (TPSA) is 76.2 Å². The molecule has 112 valence electrons. The molecule has 0 saturated carbocycles. The van der Waals surface area contributed by atoms with E-state index in [4.69, 9.17) is 9.47 Å². The average Bonchev–Trinajstić information content (AvgIpc) is 3.17. The molecule has 0 radical (unpaired) electrons. The van der Waals surface area contributed by atoms with Crippen LogP contribution in [0.25, 0.3) is 11.0 Å². The summed E-state index contributed by atoms with van der Waals surface area (Å²) in [5.41, 5.74) is 2.33. The Labute approximate surface area is 122 Å². The van der Waals surface area contributed by atoms with Crippen molar-refractivity contribution >= 4 is 16.9 Å². The predicted molar refractivity (Wildman–Crippen MR) is 78.2 cm³/mol. The SMILES string of the molecule is O=C(NCCOCC1CCCO1)c1ccc2nc[nH]c2c1. The number of aromatic nitrogens is 2. The van der Waals surface area contributed by atoms with Crippen molar-refractivity contribution in [3.63, 3.8) is 0 Å². The molecule has 3 rings (SSSR count).